The number of rotatable bonds is 6. The molecule has 0 spiro atoms. The van der Waals surface area contributed by atoms with E-state index >= 15 is 0 Å². The first-order chi connectivity index (χ1) is 9.24. The van der Waals surface area contributed by atoms with Crippen molar-refractivity contribution < 1.29 is 4.74 Å². The zero-order chi connectivity index (χ0) is 13.7. The van der Waals surface area contributed by atoms with Gasteiger partial charge in [-0.05, 0) is 19.8 Å². The molecule has 2 rings (SSSR count). The lowest BCUT2D eigenvalue weighted by molar-refractivity contribution is 0.210. The summed E-state index contributed by atoms with van der Waals surface area (Å²) >= 11 is 0. The fourth-order valence-corrected chi connectivity index (χ4v) is 2.45. The maximum Gasteiger partial charge on any atom is 0.134 e. The van der Waals surface area contributed by atoms with Crippen molar-refractivity contribution in [3.63, 3.8) is 0 Å². The van der Waals surface area contributed by atoms with Gasteiger partial charge in [-0.15, -0.1) is 0 Å². The second kappa shape index (κ2) is 6.68. The number of nitrogens with zero attached hydrogens (tertiary/aromatic N) is 3. The third kappa shape index (κ3) is 3.54. The molecule has 1 saturated heterocycles. The number of hydrogen-bond donors (Lipinski definition) is 2. The van der Waals surface area contributed by atoms with Crippen LogP contribution < -0.4 is 16.0 Å². The maximum absolute atomic E-state index is 5.82. The number of nitrogens with two attached hydrogens (primary N) is 1. The predicted molar refractivity (Wildman–Crippen MR) is 76.6 cm³/mol. The Labute approximate surface area is 114 Å². The van der Waals surface area contributed by atoms with Crippen LogP contribution in [0.4, 0.5) is 11.6 Å². The van der Waals surface area contributed by atoms with Crippen LogP contribution in [0.15, 0.2) is 6.07 Å². The molecule has 0 radical (unpaired) electrons. The van der Waals surface area contributed by atoms with Crippen molar-refractivity contribution >= 4 is 11.6 Å². The van der Waals surface area contributed by atoms with Crippen LogP contribution in [-0.2, 0) is 4.74 Å². The summed E-state index contributed by atoms with van der Waals surface area (Å²) in [5, 5.41) is 3.25. The fraction of sp³-hybridized carbons (Fsp3) is 0.692. The van der Waals surface area contributed by atoms with Crippen molar-refractivity contribution in [1.82, 2.24) is 9.97 Å². The van der Waals surface area contributed by atoms with E-state index in [1.54, 1.807) is 7.11 Å². The van der Waals surface area contributed by atoms with Crippen molar-refractivity contribution in [1.29, 1.82) is 0 Å². The van der Waals surface area contributed by atoms with Crippen molar-refractivity contribution in [2.75, 3.05) is 43.6 Å². The molecule has 1 atom stereocenters. The number of ether oxygens (including phenoxy) is 1. The van der Waals surface area contributed by atoms with Gasteiger partial charge in [-0.3, -0.25) is 0 Å². The summed E-state index contributed by atoms with van der Waals surface area (Å²) in [5.41, 5.74) is 5.82. The van der Waals surface area contributed by atoms with Crippen LogP contribution in [0.2, 0.25) is 0 Å². The lowest BCUT2D eigenvalue weighted by atomic mass is 10.2. The van der Waals surface area contributed by atoms with E-state index < -0.39 is 0 Å². The quantitative estimate of drug-likeness (QED) is 0.740. The van der Waals surface area contributed by atoms with Gasteiger partial charge < -0.3 is 20.7 Å². The summed E-state index contributed by atoms with van der Waals surface area (Å²) in [6, 6.07) is 2.40. The highest BCUT2D eigenvalue weighted by Gasteiger charge is 2.24. The Kier molecular flexibility index (Phi) is 4.93. The molecular formula is C13H23N5O. The van der Waals surface area contributed by atoms with Crippen LogP contribution in [0.25, 0.3) is 0 Å². The van der Waals surface area contributed by atoms with Crippen LogP contribution in [-0.4, -0.2) is 49.4 Å². The lowest BCUT2D eigenvalue weighted by Crippen LogP contribution is -2.36. The SMILES string of the molecule is COCCNc1cc(N2CCCC2CN)nc(C)n1. The van der Waals surface area contributed by atoms with Crippen molar-refractivity contribution in [3.8, 4) is 0 Å². The molecule has 1 aliphatic rings. The zero-order valence-electron chi connectivity index (χ0n) is 11.7. The average molecular weight is 265 g/mol. The molecule has 2 heterocycles. The summed E-state index contributed by atoms with van der Waals surface area (Å²) < 4.78 is 5.03. The first-order valence-corrected chi connectivity index (χ1v) is 6.80. The summed E-state index contributed by atoms with van der Waals surface area (Å²) in [6.45, 7) is 5.02. The fourth-order valence-electron chi connectivity index (χ4n) is 2.45. The zero-order valence-corrected chi connectivity index (χ0v) is 11.7. The summed E-state index contributed by atoms with van der Waals surface area (Å²) in [6.07, 6.45) is 2.32. The molecule has 19 heavy (non-hydrogen) atoms. The molecule has 1 unspecified atom stereocenters. The van der Waals surface area contributed by atoms with Crippen molar-refractivity contribution in [2.24, 2.45) is 5.73 Å². The Bertz CT molecular complexity index is 412. The largest absolute Gasteiger partial charge is 0.383 e. The number of methoxy groups -OCH3 is 1. The molecule has 1 fully saturated rings. The Morgan fingerprint density at radius 3 is 3.11 bits per heavy atom. The van der Waals surface area contributed by atoms with Crippen molar-refractivity contribution in [2.45, 2.75) is 25.8 Å². The molecule has 106 valence electrons. The van der Waals surface area contributed by atoms with E-state index in [0.29, 0.717) is 19.2 Å². The molecule has 0 aliphatic carbocycles. The Morgan fingerprint density at radius 2 is 2.37 bits per heavy atom. The van der Waals surface area contributed by atoms with Gasteiger partial charge in [0.2, 0.25) is 0 Å². The van der Waals surface area contributed by atoms with E-state index in [9.17, 15) is 0 Å². The Hall–Kier alpha value is -1.40. The van der Waals surface area contributed by atoms with Gasteiger partial charge in [0.25, 0.3) is 0 Å². The number of anilines is 2. The minimum atomic E-state index is 0.404. The molecule has 6 nitrogen and oxygen atoms in total. The van der Waals surface area contributed by atoms with Crippen molar-refractivity contribution in [3.05, 3.63) is 11.9 Å². The summed E-state index contributed by atoms with van der Waals surface area (Å²) in [7, 11) is 1.69. The van der Waals surface area contributed by atoms with Gasteiger partial charge in [-0.25, -0.2) is 9.97 Å². The van der Waals surface area contributed by atoms with Crippen LogP contribution in [0.1, 0.15) is 18.7 Å². The van der Waals surface area contributed by atoms with Gasteiger partial charge in [-0.1, -0.05) is 0 Å². The molecular weight excluding hydrogens is 242 g/mol. The number of hydrogen-bond acceptors (Lipinski definition) is 6. The molecule has 0 aromatic carbocycles. The van der Waals surface area contributed by atoms with E-state index in [2.05, 4.69) is 20.2 Å². The highest BCUT2D eigenvalue weighted by Crippen LogP contribution is 2.24. The molecule has 3 N–H and O–H groups in total. The molecule has 0 bridgehead atoms. The average Bonchev–Trinajstić information content (AvgIpc) is 2.86. The van der Waals surface area contributed by atoms with E-state index in [4.69, 9.17) is 10.5 Å². The molecule has 6 heteroatoms. The maximum atomic E-state index is 5.82. The normalized spacial score (nSPS) is 18.9. The summed E-state index contributed by atoms with van der Waals surface area (Å²) in [5.74, 6) is 2.60. The van der Waals surface area contributed by atoms with Crippen LogP contribution in [0.3, 0.4) is 0 Å². The van der Waals surface area contributed by atoms with E-state index in [1.165, 1.54) is 6.42 Å². The molecule has 0 saturated carbocycles. The topological polar surface area (TPSA) is 76.3 Å². The van der Waals surface area contributed by atoms with E-state index in [-0.39, 0.29) is 0 Å². The highest BCUT2D eigenvalue weighted by molar-refractivity contribution is 5.50. The highest BCUT2D eigenvalue weighted by atomic mass is 16.5. The number of aryl methyl sites for hydroxylation is 1. The first kappa shape index (κ1) is 14.0. The van der Waals surface area contributed by atoms with Crippen LogP contribution >= 0.6 is 0 Å². The van der Waals surface area contributed by atoms with Gasteiger partial charge in [0, 0.05) is 38.9 Å². The van der Waals surface area contributed by atoms with Gasteiger partial charge in [-0.2, -0.15) is 0 Å². The second-order valence-electron chi connectivity index (χ2n) is 4.80. The van der Waals surface area contributed by atoms with Gasteiger partial charge >= 0.3 is 0 Å². The minimum absolute atomic E-state index is 0.404. The third-order valence-electron chi connectivity index (χ3n) is 3.38. The minimum Gasteiger partial charge on any atom is -0.383 e. The van der Waals surface area contributed by atoms with Gasteiger partial charge in [0.15, 0.2) is 0 Å². The number of aromatic nitrogens is 2. The summed E-state index contributed by atoms with van der Waals surface area (Å²) in [4.78, 5) is 11.2. The predicted octanol–water partition coefficient (Wildman–Crippen LogP) is 0.771. The molecule has 1 aliphatic heterocycles. The molecule has 0 amide bonds. The molecule has 1 aromatic heterocycles. The van der Waals surface area contributed by atoms with E-state index in [1.807, 2.05) is 13.0 Å². The smallest absolute Gasteiger partial charge is 0.134 e. The van der Waals surface area contributed by atoms with E-state index in [0.717, 1.165) is 37.0 Å². The first-order valence-electron chi connectivity index (χ1n) is 6.80. The standard InChI is InChI=1S/C13H23N5O/c1-10-16-12(15-5-7-19-2)8-13(17-10)18-6-3-4-11(18)9-14/h8,11H,3-7,9,14H2,1-2H3,(H,15,16,17). The Morgan fingerprint density at radius 1 is 1.53 bits per heavy atom. The number of nitrogens with one attached hydrogen (secondary N) is 1. The van der Waals surface area contributed by atoms with Crippen LogP contribution in [0.5, 0.6) is 0 Å². The second-order valence-corrected chi connectivity index (χ2v) is 4.80. The third-order valence-corrected chi connectivity index (χ3v) is 3.38. The Balaban J connectivity index is 2.11. The lowest BCUT2D eigenvalue weighted by Gasteiger charge is -2.25. The molecule has 1 aromatic rings. The van der Waals surface area contributed by atoms with Crippen LogP contribution in [0, 0.1) is 6.92 Å². The van der Waals surface area contributed by atoms with Gasteiger partial charge in [0.05, 0.1) is 6.61 Å². The monoisotopic (exact) mass is 265 g/mol. The van der Waals surface area contributed by atoms with Gasteiger partial charge in [0.1, 0.15) is 17.5 Å².